The van der Waals surface area contributed by atoms with Gasteiger partial charge in [-0.05, 0) is 31.2 Å². The second-order valence-corrected chi connectivity index (χ2v) is 5.06. The largest absolute Gasteiger partial charge is 0.457 e. The molecule has 5 heteroatoms. The average Bonchev–Trinajstić information content (AvgIpc) is 2.26. The fourth-order valence-corrected chi connectivity index (χ4v) is 2.21. The summed E-state index contributed by atoms with van der Waals surface area (Å²) in [5.74, 6) is -0.321. The highest BCUT2D eigenvalue weighted by Crippen LogP contribution is 2.32. The van der Waals surface area contributed by atoms with Crippen LogP contribution in [0, 0.1) is 11.6 Å². The Morgan fingerprint density at radius 3 is 2.58 bits per heavy atom. The van der Waals surface area contributed by atoms with Crippen LogP contribution < -0.4 is 10.5 Å². The molecule has 0 bridgehead atoms. The summed E-state index contributed by atoms with van der Waals surface area (Å²) >= 11 is 3.17. The predicted octanol–water partition coefficient (Wildman–Crippen LogP) is 4.54. The van der Waals surface area contributed by atoms with Gasteiger partial charge in [0.15, 0.2) is 0 Å². The fourth-order valence-electron chi connectivity index (χ4n) is 1.76. The lowest BCUT2D eigenvalue weighted by molar-refractivity contribution is 0.456. The van der Waals surface area contributed by atoms with Crippen LogP contribution in [-0.4, -0.2) is 0 Å². The van der Waals surface area contributed by atoms with E-state index < -0.39 is 17.7 Å². The van der Waals surface area contributed by atoms with E-state index in [1.165, 1.54) is 24.3 Å². The van der Waals surface area contributed by atoms with E-state index in [4.69, 9.17) is 10.5 Å². The van der Waals surface area contributed by atoms with E-state index in [1.54, 1.807) is 19.1 Å². The molecule has 0 radical (unpaired) electrons. The van der Waals surface area contributed by atoms with Gasteiger partial charge in [0.25, 0.3) is 0 Å². The minimum Gasteiger partial charge on any atom is -0.457 e. The van der Waals surface area contributed by atoms with E-state index in [0.717, 1.165) is 0 Å². The molecule has 0 aliphatic rings. The summed E-state index contributed by atoms with van der Waals surface area (Å²) in [4.78, 5) is 0. The lowest BCUT2D eigenvalue weighted by atomic mass is 10.1. The summed E-state index contributed by atoms with van der Waals surface area (Å²) in [6.45, 7) is 1.66. The van der Waals surface area contributed by atoms with Crippen LogP contribution in [0.4, 0.5) is 8.78 Å². The molecular weight excluding hydrogens is 316 g/mol. The second-order valence-electron chi connectivity index (χ2n) is 4.15. The average molecular weight is 328 g/mol. The van der Waals surface area contributed by atoms with Crippen molar-refractivity contribution in [3.63, 3.8) is 0 Å². The van der Waals surface area contributed by atoms with E-state index in [2.05, 4.69) is 15.9 Å². The topological polar surface area (TPSA) is 35.2 Å². The van der Waals surface area contributed by atoms with Crippen LogP contribution >= 0.6 is 15.9 Å². The van der Waals surface area contributed by atoms with Gasteiger partial charge in [-0.3, -0.25) is 0 Å². The lowest BCUT2D eigenvalue weighted by Crippen LogP contribution is -2.09. The molecule has 0 fully saturated rings. The Kier molecular flexibility index (Phi) is 4.17. The fraction of sp³-hybridized carbons (Fsp3) is 0.143. The van der Waals surface area contributed by atoms with Crippen molar-refractivity contribution in [3.05, 3.63) is 58.1 Å². The number of benzene rings is 2. The molecule has 0 heterocycles. The summed E-state index contributed by atoms with van der Waals surface area (Å²) in [7, 11) is 0. The monoisotopic (exact) mass is 327 g/mol. The number of hydrogen-bond donors (Lipinski definition) is 1. The SMILES string of the molecule is C[C@H](N)c1c(F)cccc1Oc1cc(F)cc(Br)c1. The molecule has 0 aromatic heterocycles. The Bertz CT molecular complexity index is 582. The molecular formula is C14H12BrF2NO. The quantitative estimate of drug-likeness (QED) is 0.898. The van der Waals surface area contributed by atoms with Gasteiger partial charge in [-0.15, -0.1) is 0 Å². The molecule has 0 saturated heterocycles. The predicted molar refractivity (Wildman–Crippen MR) is 73.2 cm³/mol. The van der Waals surface area contributed by atoms with Crippen LogP contribution in [0.15, 0.2) is 40.9 Å². The first-order chi connectivity index (χ1) is 8.97. The van der Waals surface area contributed by atoms with Crippen LogP contribution in [0.25, 0.3) is 0 Å². The van der Waals surface area contributed by atoms with Crippen molar-refractivity contribution in [2.24, 2.45) is 5.73 Å². The second kappa shape index (κ2) is 5.67. The molecule has 2 N–H and O–H groups in total. The maximum absolute atomic E-state index is 13.7. The van der Waals surface area contributed by atoms with Crippen molar-refractivity contribution in [2.75, 3.05) is 0 Å². The number of hydrogen-bond acceptors (Lipinski definition) is 2. The van der Waals surface area contributed by atoms with Gasteiger partial charge in [0.05, 0.1) is 0 Å². The minimum absolute atomic E-state index is 0.267. The number of halogens is 3. The highest BCUT2D eigenvalue weighted by molar-refractivity contribution is 9.10. The van der Waals surface area contributed by atoms with E-state index >= 15 is 0 Å². The highest BCUT2D eigenvalue weighted by atomic mass is 79.9. The zero-order valence-electron chi connectivity index (χ0n) is 10.2. The summed E-state index contributed by atoms with van der Waals surface area (Å²) in [6.07, 6.45) is 0. The molecule has 2 aromatic rings. The molecule has 0 aliphatic heterocycles. The molecule has 2 nitrogen and oxygen atoms in total. The molecule has 100 valence electrons. The van der Waals surface area contributed by atoms with Crippen LogP contribution in [0.5, 0.6) is 11.5 Å². The van der Waals surface area contributed by atoms with Gasteiger partial charge in [0, 0.05) is 22.1 Å². The normalized spacial score (nSPS) is 12.3. The maximum atomic E-state index is 13.7. The molecule has 1 atom stereocenters. The Hall–Kier alpha value is -1.46. The Balaban J connectivity index is 2.40. The third-order valence-electron chi connectivity index (χ3n) is 2.53. The Morgan fingerprint density at radius 2 is 1.95 bits per heavy atom. The summed E-state index contributed by atoms with van der Waals surface area (Å²) in [5.41, 5.74) is 5.99. The molecule has 0 amide bonds. The van der Waals surface area contributed by atoms with Crippen LogP contribution in [-0.2, 0) is 0 Å². The van der Waals surface area contributed by atoms with Gasteiger partial charge < -0.3 is 10.5 Å². The number of ether oxygens (including phenoxy) is 1. The van der Waals surface area contributed by atoms with Gasteiger partial charge in [-0.2, -0.15) is 0 Å². The van der Waals surface area contributed by atoms with E-state index in [1.807, 2.05) is 0 Å². The minimum atomic E-state index is -0.520. The van der Waals surface area contributed by atoms with E-state index in [0.29, 0.717) is 4.47 Å². The van der Waals surface area contributed by atoms with Crippen molar-refractivity contribution in [2.45, 2.75) is 13.0 Å². The first-order valence-electron chi connectivity index (χ1n) is 5.65. The third kappa shape index (κ3) is 3.30. The molecule has 0 unspecified atom stereocenters. The molecule has 2 aromatic carbocycles. The van der Waals surface area contributed by atoms with Crippen LogP contribution in [0.2, 0.25) is 0 Å². The van der Waals surface area contributed by atoms with Crippen LogP contribution in [0.3, 0.4) is 0 Å². The van der Waals surface area contributed by atoms with Crippen molar-refractivity contribution in [1.29, 1.82) is 0 Å². The standard InChI is InChI=1S/C14H12BrF2NO/c1-8(18)14-12(17)3-2-4-13(14)19-11-6-9(15)5-10(16)7-11/h2-8H,18H2,1H3/t8-/m0/s1. The summed E-state index contributed by atoms with van der Waals surface area (Å²) in [5, 5.41) is 0. The third-order valence-corrected chi connectivity index (χ3v) is 2.99. The number of nitrogens with two attached hydrogens (primary N) is 1. The maximum Gasteiger partial charge on any atom is 0.135 e. The van der Waals surface area contributed by atoms with Gasteiger partial charge >= 0.3 is 0 Å². The van der Waals surface area contributed by atoms with Crippen molar-refractivity contribution >= 4 is 15.9 Å². The molecule has 0 saturated carbocycles. The van der Waals surface area contributed by atoms with E-state index in [-0.39, 0.29) is 17.1 Å². The Morgan fingerprint density at radius 1 is 1.21 bits per heavy atom. The number of rotatable bonds is 3. The van der Waals surface area contributed by atoms with Gasteiger partial charge in [0.1, 0.15) is 23.1 Å². The first-order valence-corrected chi connectivity index (χ1v) is 6.44. The van der Waals surface area contributed by atoms with Gasteiger partial charge in [0.2, 0.25) is 0 Å². The zero-order valence-corrected chi connectivity index (χ0v) is 11.7. The summed E-state index contributed by atoms with van der Waals surface area (Å²) in [6, 6.07) is 8.04. The smallest absolute Gasteiger partial charge is 0.135 e. The highest BCUT2D eigenvalue weighted by Gasteiger charge is 2.14. The Labute approximate surface area is 118 Å². The van der Waals surface area contributed by atoms with Gasteiger partial charge in [-0.25, -0.2) is 8.78 Å². The molecule has 2 rings (SSSR count). The van der Waals surface area contributed by atoms with Crippen molar-refractivity contribution in [3.8, 4) is 11.5 Å². The van der Waals surface area contributed by atoms with E-state index in [9.17, 15) is 8.78 Å². The summed E-state index contributed by atoms with van der Waals surface area (Å²) < 4.78 is 33.0. The lowest BCUT2D eigenvalue weighted by Gasteiger charge is -2.14. The zero-order chi connectivity index (χ0) is 14.0. The molecule has 0 aliphatic carbocycles. The van der Waals surface area contributed by atoms with Crippen molar-refractivity contribution < 1.29 is 13.5 Å². The first kappa shape index (κ1) is 14.0. The van der Waals surface area contributed by atoms with Crippen LogP contribution in [0.1, 0.15) is 18.5 Å². The molecule has 0 spiro atoms. The van der Waals surface area contributed by atoms with Crippen molar-refractivity contribution in [1.82, 2.24) is 0 Å². The van der Waals surface area contributed by atoms with Gasteiger partial charge in [-0.1, -0.05) is 22.0 Å². The molecule has 19 heavy (non-hydrogen) atoms.